The zero-order valence-corrected chi connectivity index (χ0v) is 17.2. The molecule has 0 heterocycles. The van der Waals surface area contributed by atoms with E-state index in [9.17, 15) is 13.2 Å². The highest BCUT2D eigenvalue weighted by molar-refractivity contribution is 9.10. The Kier molecular flexibility index (Phi) is 6.66. The number of nitrogens with one attached hydrogen (secondary N) is 1. The van der Waals surface area contributed by atoms with Gasteiger partial charge in [0.2, 0.25) is 15.9 Å². The van der Waals surface area contributed by atoms with Crippen molar-refractivity contribution in [2.45, 2.75) is 19.4 Å². The van der Waals surface area contributed by atoms with Crippen LogP contribution in [-0.2, 0) is 14.8 Å². The lowest BCUT2D eigenvalue weighted by Gasteiger charge is -2.30. The first-order valence-electron chi connectivity index (χ1n) is 7.96. The second kappa shape index (κ2) is 8.55. The van der Waals surface area contributed by atoms with Crippen LogP contribution in [0, 0.1) is 0 Å². The standard InChI is InChI=1S/C18H21BrN2O4S/c1-4-17(18(22)20-14-7-5-6-13(19)12-14)21(26(3,23)24)15-8-10-16(25-2)11-9-15/h5-12,17H,4H2,1-3H3,(H,20,22)/t17-/m0/s1. The van der Waals surface area contributed by atoms with Crippen LogP contribution in [0.5, 0.6) is 5.75 Å². The largest absolute Gasteiger partial charge is 0.497 e. The zero-order chi connectivity index (χ0) is 19.3. The van der Waals surface area contributed by atoms with Gasteiger partial charge in [0.1, 0.15) is 11.8 Å². The lowest BCUT2D eigenvalue weighted by molar-refractivity contribution is -0.117. The Bertz CT molecular complexity index is 869. The van der Waals surface area contributed by atoms with E-state index in [0.717, 1.165) is 15.0 Å². The van der Waals surface area contributed by atoms with Gasteiger partial charge >= 0.3 is 0 Å². The number of rotatable bonds is 7. The number of halogens is 1. The van der Waals surface area contributed by atoms with E-state index in [2.05, 4.69) is 21.2 Å². The summed E-state index contributed by atoms with van der Waals surface area (Å²) in [5.74, 6) is 0.209. The molecule has 0 aromatic heterocycles. The summed E-state index contributed by atoms with van der Waals surface area (Å²) in [4.78, 5) is 12.8. The van der Waals surface area contributed by atoms with Gasteiger partial charge in [-0.05, 0) is 48.9 Å². The highest BCUT2D eigenvalue weighted by Gasteiger charge is 2.31. The van der Waals surface area contributed by atoms with Crippen LogP contribution in [0.2, 0.25) is 0 Å². The summed E-state index contributed by atoms with van der Waals surface area (Å²) in [6, 6.07) is 12.8. The first-order valence-corrected chi connectivity index (χ1v) is 10.6. The lowest BCUT2D eigenvalue weighted by Crippen LogP contribution is -2.46. The fourth-order valence-corrected chi connectivity index (χ4v) is 4.19. The first-order chi connectivity index (χ1) is 12.3. The summed E-state index contributed by atoms with van der Waals surface area (Å²) < 4.78 is 31.9. The summed E-state index contributed by atoms with van der Waals surface area (Å²) in [7, 11) is -2.14. The molecule has 0 radical (unpaired) electrons. The molecule has 0 spiro atoms. The van der Waals surface area contributed by atoms with Gasteiger partial charge < -0.3 is 10.1 Å². The summed E-state index contributed by atoms with van der Waals surface area (Å²) in [5, 5.41) is 2.78. The van der Waals surface area contributed by atoms with Gasteiger partial charge in [-0.25, -0.2) is 8.42 Å². The van der Waals surface area contributed by atoms with Gasteiger partial charge in [-0.3, -0.25) is 9.10 Å². The fraction of sp³-hybridized carbons (Fsp3) is 0.278. The predicted octanol–water partition coefficient (Wildman–Crippen LogP) is 3.64. The molecule has 0 aliphatic rings. The SMILES string of the molecule is CC[C@@H](C(=O)Nc1cccc(Br)c1)N(c1ccc(OC)cc1)S(C)(=O)=O. The van der Waals surface area contributed by atoms with Gasteiger partial charge in [0.05, 0.1) is 19.1 Å². The molecule has 2 aromatic rings. The normalized spacial score (nSPS) is 12.3. The maximum absolute atomic E-state index is 12.8. The van der Waals surface area contributed by atoms with Crippen LogP contribution in [-0.4, -0.2) is 33.7 Å². The van der Waals surface area contributed by atoms with Crippen LogP contribution < -0.4 is 14.4 Å². The van der Waals surface area contributed by atoms with Crippen LogP contribution in [0.25, 0.3) is 0 Å². The van der Waals surface area contributed by atoms with Crippen LogP contribution >= 0.6 is 15.9 Å². The van der Waals surface area contributed by atoms with E-state index in [1.807, 2.05) is 6.07 Å². The molecule has 6 nitrogen and oxygen atoms in total. The van der Waals surface area contributed by atoms with Crippen molar-refractivity contribution in [3.8, 4) is 5.75 Å². The van der Waals surface area contributed by atoms with Crippen LogP contribution in [0.4, 0.5) is 11.4 Å². The fourth-order valence-electron chi connectivity index (χ4n) is 2.58. The summed E-state index contributed by atoms with van der Waals surface area (Å²) >= 11 is 3.35. The smallest absolute Gasteiger partial charge is 0.248 e. The number of hydrogen-bond donors (Lipinski definition) is 1. The zero-order valence-electron chi connectivity index (χ0n) is 14.8. The minimum atomic E-state index is -3.67. The molecular weight excluding hydrogens is 420 g/mol. The molecule has 0 unspecified atom stereocenters. The van der Waals surface area contributed by atoms with E-state index in [1.54, 1.807) is 49.4 Å². The minimum absolute atomic E-state index is 0.318. The molecule has 0 saturated carbocycles. The third-order valence-corrected chi connectivity index (χ3v) is 5.42. The van der Waals surface area contributed by atoms with Crippen molar-refractivity contribution in [2.75, 3.05) is 23.0 Å². The maximum atomic E-state index is 12.8. The molecule has 1 N–H and O–H groups in total. The van der Waals surface area contributed by atoms with Crippen molar-refractivity contribution in [1.82, 2.24) is 0 Å². The second-order valence-electron chi connectivity index (χ2n) is 5.68. The number of nitrogens with zero attached hydrogens (tertiary/aromatic N) is 1. The number of amides is 1. The number of sulfonamides is 1. The van der Waals surface area contributed by atoms with Crippen LogP contribution in [0.1, 0.15) is 13.3 Å². The van der Waals surface area contributed by atoms with Crippen molar-refractivity contribution in [2.24, 2.45) is 0 Å². The van der Waals surface area contributed by atoms with E-state index >= 15 is 0 Å². The summed E-state index contributed by atoms with van der Waals surface area (Å²) in [6.45, 7) is 1.77. The highest BCUT2D eigenvalue weighted by atomic mass is 79.9. The molecule has 26 heavy (non-hydrogen) atoms. The highest BCUT2D eigenvalue weighted by Crippen LogP contribution is 2.26. The molecule has 0 aliphatic heterocycles. The van der Waals surface area contributed by atoms with E-state index < -0.39 is 22.0 Å². The molecule has 140 valence electrons. The summed E-state index contributed by atoms with van der Waals surface area (Å²) in [6.07, 6.45) is 1.41. The molecule has 1 atom stereocenters. The molecule has 0 fully saturated rings. The van der Waals surface area contributed by atoms with Gasteiger partial charge in [-0.1, -0.05) is 28.9 Å². The minimum Gasteiger partial charge on any atom is -0.497 e. The number of anilines is 2. The monoisotopic (exact) mass is 440 g/mol. The third kappa shape index (κ3) is 4.98. The van der Waals surface area contributed by atoms with E-state index in [4.69, 9.17) is 4.74 Å². The topological polar surface area (TPSA) is 75.7 Å². The van der Waals surface area contributed by atoms with Crippen molar-refractivity contribution < 1.29 is 17.9 Å². The Morgan fingerprint density at radius 2 is 1.88 bits per heavy atom. The van der Waals surface area contributed by atoms with Gasteiger partial charge in [0.25, 0.3) is 0 Å². The van der Waals surface area contributed by atoms with Crippen molar-refractivity contribution in [3.05, 3.63) is 53.0 Å². The van der Waals surface area contributed by atoms with Gasteiger partial charge in [0, 0.05) is 10.2 Å². The average molecular weight is 441 g/mol. The Morgan fingerprint density at radius 1 is 1.23 bits per heavy atom. The van der Waals surface area contributed by atoms with Crippen molar-refractivity contribution in [1.29, 1.82) is 0 Å². The number of hydrogen-bond acceptors (Lipinski definition) is 4. The van der Waals surface area contributed by atoms with Gasteiger partial charge in [0.15, 0.2) is 0 Å². The average Bonchev–Trinajstić information content (AvgIpc) is 2.58. The lowest BCUT2D eigenvalue weighted by atomic mass is 10.1. The molecule has 1 amide bonds. The predicted molar refractivity (Wildman–Crippen MR) is 107 cm³/mol. The van der Waals surface area contributed by atoms with Crippen molar-refractivity contribution in [3.63, 3.8) is 0 Å². The van der Waals surface area contributed by atoms with Crippen LogP contribution in [0.15, 0.2) is 53.0 Å². The Balaban J connectivity index is 2.35. The number of carbonyl (C=O) groups is 1. The molecule has 2 rings (SSSR count). The first kappa shape index (κ1) is 20.3. The molecular formula is C18H21BrN2O4S. The molecule has 0 bridgehead atoms. The molecule has 0 aliphatic carbocycles. The van der Waals surface area contributed by atoms with Crippen molar-refractivity contribution >= 4 is 43.2 Å². The summed E-state index contributed by atoms with van der Waals surface area (Å²) in [5.41, 5.74) is 0.996. The second-order valence-corrected chi connectivity index (χ2v) is 8.46. The van der Waals surface area contributed by atoms with Gasteiger partial charge in [-0.15, -0.1) is 0 Å². The Labute approximate surface area is 162 Å². The Morgan fingerprint density at radius 3 is 2.38 bits per heavy atom. The number of ether oxygens (including phenoxy) is 1. The van der Waals surface area contributed by atoms with E-state index in [0.29, 0.717) is 23.5 Å². The molecule has 2 aromatic carbocycles. The molecule has 8 heteroatoms. The number of benzene rings is 2. The molecule has 0 saturated heterocycles. The number of carbonyl (C=O) groups excluding carboxylic acids is 1. The quantitative estimate of drug-likeness (QED) is 0.712. The Hall–Kier alpha value is -2.06. The van der Waals surface area contributed by atoms with Crippen LogP contribution in [0.3, 0.4) is 0 Å². The van der Waals surface area contributed by atoms with Gasteiger partial charge in [-0.2, -0.15) is 0 Å². The van der Waals surface area contributed by atoms with E-state index in [1.165, 1.54) is 7.11 Å². The number of methoxy groups -OCH3 is 1. The third-order valence-electron chi connectivity index (χ3n) is 3.75. The maximum Gasteiger partial charge on any atom is 0.248 e. The van der Waals surface area contributed by atoms with E-state index in [-0.39, 0.29) is 0 Å².